The molecule has 9 heavy (non-hydrogen) atoms. The molecule has 0 amide bonds. The average molecular weight is 192 g/mol. The predicted octanol–water partition coefficient (Wildman–Crippen LogP) is 2.80. The molecule has 0 unspecified atom stereocenters. The van der Waals surface area contributed by atoms with Crippen LogP contribution >= 0.6 is 15.9 Å². The maximum Gasteiger partial charge on any atom is 0.121 e. The lowest BCUT2D eigenvalue weighted by Crippen LogP contribution is -1.64. The predicted molar refractivity (Wildman–Crippen MR) is 41.4 cm³/mol. The van der Waals surface area contributed by atoms with Gasteiger partial charge >= 0.3 is 0 Å². The largest absolute Gasteiger partial charge is 0.257 e. The molecular formula is C6H7BrFN. The minimum Gasteiger partial charge on any atom is -0.257 e. The van der Waals surface area contributed by atoms with Crippen molar-refractivity contribution in [2.75, 3.05) is 0 Å². The highest BCUT2D eigenvalue weighted by atomic mass is 79.9. The topological polar surface area (TPSA) is 12.4 Å². The van der Waals surface area contributed by atoms with Crippen LogP contribution in [0.1, 0.15) is 6.92 Å². The van der Waals surface area contributed by atoms with Gasteiger partial charge in [-0.25, -0.2) is 4.39 Å². The van der Waals surface area contributed by atoms with Crippen molar-refractivity contribution in [2.45, 2.75) is 6.92 Å². The molecule has 0 fully saturated rings. The number of aliphatic imine (C=N–C) groups is 1. The summed E-state index contributed by atoms with van der Waals surface area (Å²) in [4.78, 5) is 3.42. The first-order valence-electron chi connectivity index (χ1n) is 2.36. The normalized spacial score (nSPS) is 13.7. The highest BCUT2D eigenvalue weighted by molar-refractivity contribution is 9.11. The van der Waals surface area contributed by atoms with Crippen molar-refractivity contribution in [3.63, 3.8) is 0 Å². The van der Waals surface area contributed by atoms with Crippen LogP contribution in [0.2, 0.25) is 0 Å². The van der Waals surface area contributed by atoms with Gasteiger partial charge < -0.3 is 0 Å². The van der Waals surface area contributed by atoms with E-state index in [1.807, 2.05) is 0 Å². The van der Waals surface area contributed by atoms with Gasteiger partial charge in [-0.3, -0.25) is 4.99 Å². The SMILES string of the molecule is C=N/C(Br)=C\C(F)=C/C. The molecule has 0 aromatic heterocycles. The number of rotatable bonds is 2. The van der Waals surface area contributed by atoms with Crippen LogP contribution in [-0.4, -0.2) is 6.72 Å². The Morgan fingerprint density at radius 3 is 2.67 bits per heavy atom. The zero-order chi connectivity index (χ0) is 7.28. The van der Waals surface area contributed by atoms with Gasteiger partial charge in [-0.15, -0.1) is 0 Å². The van der Waals surface area contributed by atoms with E-state index in [-0.39, 0.29) is 5.83 Å². The Balaban J connectivity index is 4.11. The molecule has 0 aliphatic rings. The highest BCUT2D eigenvalue weighted by Crippen LogP contribution is 2.10. The van der Waals surface area contributed by atoms with Gasteiger partial charge in [0.1, 0.15) is 10.4 Å². The van der Waals surface area contributed by atoms with Crippen molar-refractivity contribution >= 4 is 22.6 Å². The van der Waals surface area contributed by atoms with Gasteiger partial charge in [-0.05, 0) is 29.6 Å². The maximum atomic E-state index is 12.2. The van der Waals surface area contributed by atoms with Crippen molar-refractivity contribution in [3.8, 4) is 0 Å². The first-order valence-corrected chi connectivity index (χ1v) is 3.15. The molecule has 0 N–H and O–H groups in total. The number of hydrogen-bond acceptors (Lipinski definition) is 1. The molecule has 0 saturated heterocycles. The molecule has 0 bridgehead atoms. The van der Waals surface area contributed by atoms with Gasteiger partial charge in [0.05, 0.1) is 0 Å². The standard InChI is InChI=1S/C6H7BrFN/c1-3-5(8)4-6(7)9-2/h3-4H,2H2,1H3/b5-3+,6-4-. The molecule has 0 heterocycles. The minimum absolute atomic E-state index is 0.325. The van der Waals surface area contributed by atoms with Crippen molar-refractivity contribution in [1.29, 1.82) is 0 Å². The van der Waals surface area contributed by atoms with Crippen molar-refractivity contribution in [3.05, 3.63) is 22.6 Å². The quantitative estimate of drug-likeness (QED) is 0.362. The molecule has 0 atom stereocenters. The number of nitrogens with zero attached hydrogens (tertiary/aromatic N) is 1. The van der Waals surface area contributed by atoms with Crippen LogP contribution in [0.25, 0.3) is 0 Å². The first-order chi connectivity index (χ1) is 4.20. The average Bonchev–Trinajstić information content (AvgIpc) is 1.87. The number of allylic oxidation sites excluding steroid dienone is 3. The van der Waals surface area contributed by atoms with Crippen LogP contribution in [0.4, 0.5) is 4.39 Å². The van der Waals surface area contributed by atoms with E-state index < -0.39 is 0 Å². The smallest absolute Gasteiger partial charge is 0.121 e. The molecular weight excluding hydrogens is 185 g/mol. The summed E-state index contributed by atoms with van der Waals surface area (Å²) in [7, 11) is 0. The van der Waals surface area contributed by atoms with Gasteiger partial charge in [0.25, 0.3) is 0 Å². The summed E-state index contributed by atoms with van der Waals surface area (Å²) >= 11 is 2.97. The van der Waals surface area contributed by atoms with Crippen molar-refractivity contribution in [2.24, 2.45) is 4.99 Å². The Morgan fingerprint density at radius 1 is 1.78 bits per heavy atom. The van der Waals surface area contributed by atoms with Crippen LogP contribution in [0, 0.1) is 0 Å². The van der Waals surface area contributed by atoms with Gasteiger partial charge in [0.2, 0.25) is 0 Å². The van der Waals surface area contributed by atoms with Crippen LogP contribution in [0.3, 0.4) is 0 Å². The van der Waals surface area contributed by atoms with Crippen LogP contribution < -0.4 is 0 Å². The highest BCUT2D eigenvalue weighted by Gasteiger charge is 1.86. The van der Waals surface area contributed by atoms with Crippen molar-refractivity contribution in [1.82, 2.24) is 0 Å². The fourth-order valence-corrected chi connectivity index (χ4v) is 0.461. The lowest BCUT2D eigenvalue weighted by atomic mass is 10.5. The van der Waals surface area contributed by atoms with Crippen LogP contribution in [-0.2, 0) is 0 Å². The van der Waals surface area contributed by atoms with E-state index in [2.05, 4.69) is 27.6 Å². The Kier molecular flexibility index (Phi) is 4.22. The summed E-state index contributed by atoms with van der Waals surface area (Å²) in [6.07, 6.45) is 2.58. The molecule has 3 heteroatoms. The Labute approximate surface area is 62.1 Å². The number of halogens is 2. The van der Waals surface area contributed by atoms with E-state index in [0.717, 1.165) is 0 Å². The summed E-state index contributed by atoms with van der Waals surface area (Å²) < 4.78 is 12.6. The summed E-state index contributed by atoms with van der Waals surface area (Å²) in [6.45, 7) is 4.80. The Hall–Kier alpha value is -0.440. The molecule has 0 aromatic rings. The van der Waals surface area contributed by atoms with Gasteiger partial charge in [0.15, 0.2) is 0 Å². The second kappa shape index (κ2) is 4.44. The lowest BCUT2D eigenvalue weighted by Gasteiger charge is -1.84. The van der Waals surface area contributed by atoms with E-state index in [0.29, 0.717) is 4.61 Å². The summed E-state index contributed by atoms with van der Waals surface area (Å²) in [5.74, 6) is -0.325. The zero-order valence-electron chi connectivity index (χ0n) is 5.06. The fraction of sp³-hybridized carbons (Fsp3) is 0.167. The Morgan fingerprint density at radius 2 is 2.33 bits per heavy atom. The first kappa shape index (κ1) is 8.56. The summed E-state index contributed by atoms with van der Waals surface area (Å²) in [5, 5.41) is 0. The van der Waals surface area contributed by atoms with E-state index in [1.54, 1.807) is 6.92 Å². The second-order valence-electron chi connectivity index (χ2n) is 1.30. The Bertz CT molecular complexity index is 160. The third kappa shape index (κ3) is 4.09. The molecule has 50 valence electrons. The van der Waals surface area contributed by atoms with Gasteiger partial charge in [0, 0.05) is 6.08 Å². The minimum atomic E-state index is -0.325. The van der Waals surface area contributed by atoms with Crippen LogP contribution in [0.15, 0.2) is 27.6 Å². The molecule has 0 aliphatic heterocycles. The molecule has 0 rings (SSSR count). The third-order valence-electron chi connectivity index (χ3n) is 0.684. The molecule has 0 aromatic carbocycles. The monoisotopic (exact) mass is 191 g/mol. The fourth-order valence-electron chi connectivity index (χ4n) is 0.243. The molecule has 0 aliphatic carbocycles. The molecule has 1 nitrogen and oxygen atoms in total. The van der Waals surface area contributed by atoms with E-state index >= 15 is 0 Å². The molecule has 0 spiro atoms. The molecule has 0 radical (unpaired) electrons. The molecule has 0 saturated carbocycles. The van der Waals surface area contributed by atoms with E-state index in [4.69, 9.17) is 0 Å². The van der Waals surface area contributed by atoms with Crippen molar-refractivity contribution < 1.29 is 4.39 Å². The second-order valence-corrected chi connectivity index (χ2v) is 2.11. The lowest BCUT2D eigenvalue weighted by molar-refractivity contribution is 0.664. The van der Waals surface area contributed by atoms with Crippen LogP contribution in [0.5, 0.6) is 0 Å². The van der Waals surface area contributed by atoms with Gasteiger partial charge in [-0.2, -0.15) is 0 Å². The van der Waals surface area contributed by atoms with E-state index in [1.165, 1.54) is 12.2 Å². The van der Waals surface area contributed by atoms with E-state index in [9.17, 15) is 4.39 Å². The zero-order valence-corrected chi connectivity index (χ0v) is 6.65. The third-order valence-corrected chi connectivity index (χ3v) is 1.16. The number of hydrogen-bond donors (Lipinski definition) is 0. The summed E-state index contributed by atoms with van der Waals surface area (Å²) in [5.41, 5.74) is 0. The van der Waals surface area contributed by atoms with Gasteiger partial charge in [-0.1, -0.05) is 6.08 Å². The maximum absolute atomic E-state index is 12.2. The summed E-state index contributed by atoms with van der Waals surface area (Å²) in [6, 6.07) is 0.